The van der Waals surface area contributed by atoms with Crippen LogP contribution < -0.4 is 10.1 Å². The largest absolute Gasteiger partial charge is 0.491 e. The van der Waals surface area contributed by atoms with Crippen LogP contribution in [0.2, 0.25) is 0 Å². The maximum absolute atomic E-state index is 11.9. The number of likely N-dealkylation sites (N-methyl/N-ethyl adjacent to an activating group) is 1. The summed E-state index contributed by atoms with van der Waals surface area (Å²) >= 11 is 0. The highest BCUT2D eigenvalue weighted by molar-refractivity contribution is 6.02. The van der Waals surface area contributed by atoms with Crippen LogP contribution in [-0.4, -0.2) is 60.9 Å². The van der Waals surface area contributed by atoms with Gasteiger partial charge in [-0.3, -0.25) is 19.9 Å². The molecule has 1 heterocycles. The molecule has 0 atom stereocenters. The Morgan fingerprint density at radius 1 is 1.32 bits per heavy atom. The van der Waals surface area contributed by atoms with Gasteiger partial charge in [0.2, 0.25) is 17.8 Å². The summed E-state index contributed by atoms with van der Waals surface area (Å²) in [5, 5.41) is 10.6. The van der Waals surface area contributed by atoms with Crippen molar-refractivity contribution in [3.8, 4) is 5.75 Å². The number of rotatable bonds is 8. The third-order valence-electron chi connectivity index (χ3n) is 4.16. The van der Waals surface area contributed by atoms with Crippen LogP contribution in [0.1, 0.15) is 24.0 Å². The number of nitrogens with zero attached hydrogens (tertiary/aromatic N) is 2. The van der Waals surface area contributed by atoms with Gasteiger partial charge in [-0.15, -0.1) is 0 Å². The summed E-state index contributed by atoms with van der Waals surface area (Å²) in [6.45, 7) is 5.48. The fraction of sp³-hybridized carbons (Fsp3) is 0.500. The quantitative estimate of drug-likeness (QED) is 0.695. The van der Waals surface area contributed by atoms with E-state index in [4.69, 9.17) is 10.1 Å². The average Bonchev–Trinajstić information content (AvgIpc) is 2.80. The molecule has 1 aliphatic rings. The molecule has 0 unspecified atom stereocenters. The monoisotopic (exact) mass is 346 g/mol. The lowest BCUT2D eigenvalue weighted by Crippen LogP contribution is -2.34. The molecule has 25 heavy (non-hydrogen) atoms. The van der Waals surface area contributed by atoms with Crippen LogP contribution in [0.25, 0.3) is 0 Å². The van der Waals surface area contributed by atoms with Crippen molar-refractivity contribution < 1.29 is 14.3 Å². The molecule has 1 aromatic carbocycles. The SMILES string of the molecule is Cc1cccc(C)c1OCCNC(=O)CCCN1C(=N)N(C)CC1=O. The molecule has 2 N–H and O–H groups in total. The molecule has 136 valence electrons. The van der Waals surface area contributed by atoms with Gasteiger partial charge in [-0.1, -0.05) is 18.2 Å². The number of carbonyl (C=O) groups excluding carboxylic acids is 2. The summed E-state index contributed by atoms with van der Waals surface area (Å²) in [4.78, 5) is 26.6. The van der Waals surface area contributed by atoms with Crippen LogP contribution in [0.3, 0.4) is 0 Å². The topological polar surface area (TPSA) is 85.7 Å². The van der Waals surface area contributed by atoms with Crippen LogP contribution in [-0.2, 0) is 9.59 Å². The number of amides is 2. The minimum absolute atomic E-state index is 0.0726. The van der Waals surface area contributed by atoms with E-state index in [1.807, 2.05) is 32.0 Å². The summed E-state index contributed by atoms with van der Waals surface area (Å²) < 4.78 is 5.74. The van der Waals surface area contributed by atoms with Gasteiger partial charge >= 0.3 is 0 Å². The zero-order valence-electron chi connectivity index (χ0n) is 15.1. The molecule has 1 aromatic rings. The molecule has 0 bridgehead atoms. The molecule has 1 fully saturated rings. The Hall–Kier alpha value is -2.57. The predicted octanol–water partition coefficient (Wildman–Crippen LogP) is 1.29. The number of guanidine groups is 1. The third kappa shape index (κ3) is 4.95. The first-order chi connectivity index (χ1) is 11.9. The molecule has 0 aromatic heterocycles. The third-order valence-corrected chi connectivity index (χ3v) is 4.16. The van der Waals surface area contributed by atoms with E-state index >= 15 is 0 Å². The standard InChI is InChI=1S/C18H26N4O3/c1-13-6-4-7-14(2)17(13)25-11-9-20-15(23)8-5-10-22-16(24)12-21(3)18(22)19/h4,6-7,19H,5,8-12H2,1-3H3,(H,20,23). The van der Waals surface area contributed by atoms with Crippen molar-refractivity contribution in [3.05, 3.63) is 29.3 Å². The van der Waals surface area contributed by atoms with Crippen LogP contribution in [0.15, 0.2) is 18.2 Å². The lowest BCUT2D eigenvalue weighted by molar-refractivity contribution is -0.126. The smallest absolute Gasteiger partial charge is 0.248 e. The molecular formula is C18H26N4O3. The Bertz CT molecular complexity index is 639. The minimum atomic E-state index is -0.0880. The molecular weight excluding hydrogens is 320 g/mol. The molecule has 7 heteroatoms. The van der Waals surface area contributed by atoms with Gasteiger partial charge in [-0.05, 0) is 31.4 Å². The number of aryl methyl sites for hydroxylation is 2. The first-order valence-corrected chi connectivity index (χ1v) is 8.46. The van der Waals surface area contributed by atoms with Gasteiger partial charge in [0.15, 0.2) is 0 Å². The normalized spacial score (nSPS) is 14.2. The molecule has 7 nitrogen and oxygen atoms in total. The average molecular weight is 346 g/mol. The lowest BCUT2D eigenvalue weighted by Gasteiger charge is -2.16. The van der Waals surface area contributed by atoms with Crippen molar-refractivity contribution in [2.75, 3.05) is 33.3 Å². The first kappa shape index (κ1) is 18.8. The highest BCUT2D eigenvalue weighted by Gasteiger charge is 2.29. The predicted molar refractivity (Wildman–Crippen MR) is 95.7 cm³/mol. The van der Waals surface area contributed by atoms with Crippen molar-refractivity contribution in [2.24, 2.45) is 0 Å². The Balaban J connectivity index is 1.63. The van der Waals surface area contributed by atoms with Crippen molar-refractivity contribution in [2.45, 2.75) is 26.7 Å². The van der Waals surface area contributed by atoms with E-state index in [0.717, 1.165) is 16.9 Å². The summed E-state index contributed by atoms with van der Waals surface area (Å²) in [5.41, 5.74) is 2.16. The summed E-state index contributed by atoms with van der Waals surface area (Å²) in [7, 11) is 1.71. The minimum Gasteiger partial charge on any atom is -0.491 e. The highest BCUT2D eigenvalue weighted by Crippen LogP contribution is 2.21. The second-order valence-electron chi connectivity index (χ2n) is 6.25. The number of benzene rings is 1. The van der Waals surface area contributed by atoms with Gasteiger partial charge in [-0.2, -0.15) is 0 Å². The number of carbonyl (C=O) groups is 2. The molecule has 0 aliphatic carbocycles. The first-order valence-electron chi connectivity index (χ1n) is 8.46. The summed E-state index contributed by atoms with van der Waals surface area (Å²) in [6.07, 6.45) is 0.857. The van der Waals surface area contributed by atoms with Crippen molar-refractivity contribution in [1.29, 1.82) is 5.41 Å². The highest BCUT2D eigenvalue weighted by atomic mass is 16.5. The fourth-order valence-corrected chi connectivity index (χ4v) is 2.77. The Kier molecular flexibility index (Phi) is 6.38. The number of para-hydroxylation sites is 1. The van der Waals surface area contributed by atoms with E-state index in [1.54, 1.807) is 11.9 Å². The number of ether oxygens (including phenoxy) is 1. The molecule has 1 saturated heterocycles. The number of hydrogen-bond acceptors (Lipinski definition) is 4. The van der Waals surface area contributed by atoms with Crippen molar-refractivity contribution >= 4 is 17.8 Å². The number of hydrogen-bond donors (Lipinski definition) is 2. The Labute approximate surface area is 148 Å². The van der Waals surface area contributed by atoms with E-state index in [-0.39, 0.29) is 24.3 Å². The van der Waals surface area contributed by atoms with E-state index < -0.39 is 0 Å². The van der Waals surface area contributed by atoms with Gasteiger partial charge in [0.05, 0.1) is 13.1 Å². The zero-order chi connectivity index (χ0) is 18.4. The second-order valence-corrected chi connectivity index (χ2v) is 6.25. The molecule has 0 saturated carbocycles. The van der Waals surface area contributed by atoms with Crippen LogP contribution in [0, 0.1) is 19.3 Å². The fourth-order valence-electron chi connectivity index (χ4n) is 2.77. The number of nitrogens with one attached hydrogen (secondary N) is 2. The summed E-state index contributed by atoms with van der Waals surface area (Å²) in [6, 6.07) is 5.98. The molecule has 1 aliphatic heterocycles. The van der Waals surface area contributed by atoms with Gasteiger partial charge in [0.25, 0.3) is 0 Å². The Morgan fingerprint density at radius 3 is 2.60 bits per heavy atom. The van der Waals surface area contributed by atoms with Gasteiger partial charge < -0.3 is 15.0 Å². The Morgan fingerprint density at radius 2 is 2.00 bits per heavy atom. The summed E-state index contributed by atoms with van der Waals surface area (Å²) in [5.74, 6) is 0.908. The maximum atomic E-state index is 11.9. The van der Waals surface area contributed by atoms with Gasteiger partial charge in [0, 0.05) is 20.0 Å². The lowest BCUT2D eigenvalue weighted by atomic mass is 10.1. The van der Waals surface area contributed by atoms with Crippen LogP contribution in [0.5, 0.6) is 5.75 Å². The van der Waals surface area contributed by atoms with E-state index in [0.29, 0.717) is 32.5 Å². The molecule has 0 spiro atoms. The van der Waals surface area contributed by atoms with E-state index in [2.05, 4.69) is 5.32 Å². The molecule has 2 rings (SSSR count). The van der Waals surface area contributed by atoms with Gasteiger partial charge in [0.1, 0.15) is 12.4 Å². The van der Waals surface area contributed by atoms with E-state index in [1.165, 1.54) is 4.90 Å². The van der Waals surface area contributed by atoms with Crippen molar-refractivity contribution in [3.63, 3.8) is 0 Å². The molecule has 2 amide bonds. The molecule has 0 radical (unpaired) electrons. The zero-order valence-corrected chi connectivity index (χ0v) is 15.1. The van der Waals surface area contributed by atoms with Gasteiger partial charge in [-0.25, -0.2) is 0 Å². The maximum Gasteiger partial charge on any atom is 0.248 e. The second kappa shape index (κ2) is 8.50. The van der Waals surface area contributed by atoms with Crippen LogP contribution >= 0.6 is 0 Å². The van der Waals surface area contributed by atoms with Crippen molar-refractivity contribution in [1.82, 2.24) is 15.1 Å². The van der Waals surface area contributed by atoms with Crippen LogP contribution in [0.4, 0.5) is 0 Å². The van der Waals surface area contributed by atoms with E-state index in [9.17, 15) is 9.59 Å².